The summed E-state index contributed by atoms with van der Waals surface area (Å²) in [4.78, 5) is 48.5. The van der Waals surface area contributed by atoms with Gasteiger partial charge in [0.1, 0.15) is 0 Å². The minimum Gasteiger partial charge on any atom is -0.481 e. The van der Waals surface area contributed by atoms with Crippen molar-refractivity contribution in [1.29, 1.82) is 0 Å². The van der Waals surface area contributed by atoms with Gasteiger partial charge in [-0.3, -0.25) is 19.3 Å². The van der Waals surface area contributed by atoms with Crippen LogP contribution in [-0.4, -0.2) is 57.4 Å². The van der Waals surface area contributed by atoms with Crippen LogP contribution in [0.3, 0.4) is 0 Å². The van der Waals surface area contributed by atoms with Gasteiger partial charge in [-0.1, -0.05) is 30.8 Å². The molecular formula is C16H19N3O5S. The van der Waals surface area contributed by atoms with Gasteiger partial charge in [-0.15, -0.1) is 0 Å². The monoisotopic (exact) mass is 365 g/mol. The first kappa shape index (κ1) is 18.8. The van der Waals surface area contributed by atoms with E-state index >= 15 is 0 Å². The van der Waals surface area contributed by atoms with Crippen molar-refractivity contribution in [2.45, 2.75) is 13.5 Å². The molecule has 1 aliphatic rings. The van der Waals surface area contributed by atoms with Crippen molar-refractivity contribution < 1.29 is 24.3 Å². The normalized spacial score (nSPS) is 15.2. The molecule has 0 radical (unpaired) electrons. The van der Waals surface area contributed by atoms with E-state index in [4.69, 9.17) is 5.11 Å². The fraction of sp³-hybridized carbons (Fsp3) is 0.375. The Morgan fingerprint density at radius 3 is 2.48 bits per heavy atom. The molecule has 4 amide bonds. The van der Waals surface area contributed by atoms with Crippen LogP contribution >= 0.6 is 11.8 Å². The Morgan fingerprint density at radius 1 is 1.32 bits per heavy atom. The van der Waals surface area contributed by atoms with Gasteiger partial charge in [0.2, 0.25) is 5.91 Å². The van der Waals surface area contributed by atoms with E-state index in [2.05, 4.69) is 5.32 Å². The molecule has 134 valence electrons. The summed E-state index contributed by atoms with van der Waals surface area (Å²) < 4.78 is 0. The molecular weight excluding hydrogens is 346 g/mol. The van der Waals surface area contributed by atoms with Crippen molar-refractivity contribution in [2.24, 2.45) is 5.92 Å². The fourth-order valence-corrected chi connectivity index (χ4v) is 2.93. The quantitative estimate of drug-likeness (QED) is 0.799. The molecule has 0 bridgehead atoms. The Kier molecular flexibility index (Phi) is 6.02. The van der Waals surface area contributed by atoms with Crippen molar-refractivity contribution in [2.75, 3.05) is 24.7 Å². The van der Waals surface area contributed by atoms with Crippen molar-refractivity contribution >= 4 is 40.6 Å². The molecule has 1 fully saturated rings. The maximum absolute atomic E-state index is 12.0. The number of carboxylic acid groups (broad SMARTS) is 1. The van der Waals surface area contributed by atoms with Crippen molar-refractivity contribution in [1.82, 2.24) is 9.80 Å². The summed E-state index contributed by atoms with van der Waals surface area (Å²) in [6.45, 7) is 1.82. The first-order valence-corrected chi connectivity index (χ1v) is 8.57. The molecule has 9 heteroatoms. The molecule has 1 saturated heterocycles. The van der Waals surface area contributed by atoms with Crippen LogP contribution in [0.2, 0.25) is 0 Å². The number of benzene rings is 1. The molecule has 0 aromatic heterocycles. The van der Waals surface area contributed by atoms with Crippen LogP contribution < -0.4 is 5.32 Å². The topological polar surface area (TPSA) is 107 Å². The van der Waals surface area contributed by atoms with Crippen LogP contribution in [0.1, 0.15) is 12.5 Å². The number of rotatable bonds is 6. The number of hydrogen-bond acceptors (Lipinski definition) is 5. The summed E-state index contributed by atoms with van der Waals surface area (Å²) in [5, 5.41) is 11.3. The second-order valence-corrected chi connectivity index (χ2v) is 6.71. The molecule has 0 saturated carbocycles. The number of thioether (sulfide) groups is 1. The number of urea groups is 1. The number of anilines is 1. The number of carboxylic acids is 1. The molecule has 1 unspecified atom stereocenters. The van der Waals surface area contributed by atoms with E-state index < -0.39 is 17.9 Å². The number of carbonyl (C=O) groups excluding carboxylic acids is 3. The Labute approximate surface area is 149 Å². The van der Waals surface area contributed by atoms with Crippen LogP contribution in [0, 0.1) is 5.92 Å². The van der Waals surface area contributed by atoms with E-state index in [-0.39, 0.29) is 30.0 Å². The van der Waals surface area contributed by atoms with Crippen molar-refractivity contribution in [3.63, 3.8) is 0 Å². The second-order valence-electron chi connectivity index (χ2n) is 5.78. The molecule has 0 aliphatic carbocycles. The summed E-state index contributed by atoms with van der Waals surface area (Å²) in [5.41, 5.74) is 1.31. The minimum atomic E-state index is -0.965. The average molecular weight is 365 g/mol. The zero-order chi connectivity index (χ0) is 18.6. The Morgan fingerprint density at radius 2 is 1.96 bits per heavy atom. The highest BCUT2D eigenvalue weighted by Crippen LogP contribution is 2.21. The number of aliphatic carboxylic acids is 1. The number of nitrogens with zero attached hydrogens (tertiary/aromatic N) is 2. The summed E-state index contributed by atoms with van der Waals surface area (Å²) in [7, 11) is 1.52. The van der Waals surface area contributed by atoms with E-state index in [9.17, 15) is 19.2 Å². The molecule has 25 heavy (non-hydrogen) atoms. The van der Waals surface area contributed by atoms with Crippen LogP contribution in [-0.2, 0) is 16.1 Å². The van der Waals surface area contributed by atoms with E-state index in [1.807, 2.05) is 0 Å². The highest BCUT2D eigenvalue weighted by molar-refractivity contribution is 8.14. The Balaban J connectivity index is 1.91. The highest BCUT2D eigenvalue weighted by atomic mass is 32.2. The lowest BCUT2D eigenvalue weighted by Crippen LogP contribution is -2.36. The maximum Gasteiger partial charge on any atom is 0.321 e. The predicted octanol–water partition coefficient (Wildman–Crippen LogP) is 2.07. The van der Waals surface area contributed by atoms with Gasteiger partial charge in [-0.2, -0.15) is 0 Å². The third kappa shape index (κ3) is 4.96. The first-order chi connectivity index (χ1) is 11.8. The summed E-state index contributed by atoms with van der Waals surface area (Å²) in [5.74, 6) is -1.66. The van der Waals surface area contributed by atoms with E-state index in [0.29, 0.717) is 5.69 Å². The molecule has 1 aromatic carbocycles. The largest absolute Gasteiger partial charge is 0.481 e. The fourth-order valence-electron chi connectivity index (χ4n) is 2.20. The van der Waals surface area contributed by atoms with Crippen molar-refractivity contribution in [3.05, 3.63) is 29.8 Å². The van der Waals surface area contributed by atoms with E-state index in [1.54, 1.807) is 24.3 Å². The zero-order valence-electron chi connectivity index (χ0n) is 13.9. The third-order valence-corrected chi connectivity index (χ3v) is 4.56. The van der Waals surface area contributed by atoms with Gasteiger partial charge in [0.15, 0.2) is 0 Å². The van der Waals surface area contributed by atoms with Gasteiger partial charge >= 0.3 is 12.0 Å². The van der Waals surface area contributed by atoms with Gasteiger partial charge in [-0.25, -0.2) is 4.79 Å². The maximum atomic E-state index is 12.0. The van der Waals surface area contributed by atoms with E-state index in [0.717, 1.165) is 17.3 Å². The summed E-state index contributed by atoms with van der Waals surface area (Å²) in [6, 6.07) is 6.36. The standard InChI is InChI=1S/C16H19N3O5S/c1-10(14(21)22)7-18(2)15(23)17-12-5-3-11(4-6-12)8-19-13(20)9-25-16(19)24/h3-6,10H,7-9H2,1-2H3,(H,17,23)(H,21,22). The second kappa shape index (κ2) is 8.02. The molecule has 0 spiro atoms. The van der Waals surface area contributed by atoms with Crippen LogP contribution in [0.15, 0.2) is 24.3 Å². The number of imide groups is 1. The van der Waals surface area contributed by atoms with E-state index in [1.165, 1.54) is 23.8 Å². The molecule has 1 aliphatic heterocycles. The third-order valence-electron chi connectivity index (χ3n) is 3.70. The van der Waals surface area contributed by atoms with Gasteiger partial charge in [0.25, 0.3) is 5.24 Å². The van der Waals surface area contributed by atoms with Gasteiger partial charge in [0.05, 0.1) is 18.2 Å². The lowest BCUT2D eigenvalue weighted by molar-refractivity contribution is -0.141. The number of hydrogen-bond donors (Lipinski definition) is 2. The van der Waals surface area contributed by atoms with Crippen molar-refractivity contribution in [3.8, 4) is 0 Å². The minimum absolute atomic E-state index is 0.0934. The van der Waals surface area contributed by atoms with Crippen LogP contribution in [0.4, 0.5) is 15.3 Å². The summed E-state index contributed by atoms with van der Waals surface area (Å²) >= 11 is 0.987. The Bertz CT molecular complexity index is 676. The molecule has 1 aromatic rings. The average Bonchev–Trinajstić information content (AvgIpc) is 2.88. The number of nitrogens with one attached hydrogen (secondary N) is 1. The molecule has 8 nitrogen and oxygen atoms in total. The Hall–Kier alpha value is -2.55. The SMILES string of the molecule is CC(CN(C)C(=O)Nc1ccc(CN2C(=O)CSC2=O)cc1)C(=O)O. The molecule has 1 heterocycles. The molecule has 2 N–H and O–H groups in total. The van der Waals surface area contributed by atoms with Gasteiger partial charge in [0, 0.05) is 19.3 Å². The summed E-state index contributed by atoms with van der Waals surface area (Å²) in [6.07, 6.45) is 0. The van der Waals surface area contributed by atoms with Gasteiger partial charge in [-0.05, 0) is 17.7 Å². The van der Waals surface area contributed by atoms with Crippen LogP contribution in [0.25, 0.3) is 0 Å². The highest BCUT2D eigenvalue weighted by Gasteiger charge is 2.29. The number of amides is 4. The molecule has 2 rings (SSSR count). The lowest BCUT2D eigenvalue weighted by Gasteiger charge is -2.20. The van der Waals surface area contributed by atoms with Gasteiger partial charge < -0.3 is 15.3 Å². The smallest absolute Gasteiger partial charge is 0.321 e. The first-order valence-electron chi connectivity index (χ1n) is 7.59. The zero-order valence-corrected chi connectivity index (χ0v) is 14.7. The van der Waals surface area contributed by atoms with Crippen LogP contribution in [0.5, 0.6) is 0 Å². The molecule has 1 atom stereocenters. The predicted molar refractivity (Wildman–Crippen MR) is 93.3 cm³/mol. The lowest BCUT2D eigenvalue weighted by atomic mass is 10.2. The number of carbonyl (C=O) groups is 4.